The third-order valence-electron chi connectivity index (χ3n) is 4.40. The molecule has 0 aromatic heterocycles. The van der Waals surface area contributed by atoms with Gasteiger partial charge in [-0.05, 0) is 11.6 Å². The molecule has 0 N–H and O–H groups in total. The van der Waals surface area contributed by atoms with Crippen molar-refractivity contribution in [3.05, 3.63) is 58.1 Å². The summed E-state index contributed by atoms with van der Waals surface area (Å²) < 4.78 is 32.4. The minimum atomic E-state index is -3.70. The predicted molar refractivity (Wildman–Crippen MR) is 103 cm³/mol. The highest BCUT2D eigenvalue weighted by molar-refractivity contribution is 7.89. The summed E-state index contributed by atoms with van der Waals surface area (Å²) in [6.07, 6.45) is 0. The van der Waals surface area contributed by atoms with Gasteiger partial charge in [-0.15, -0.1) is 0 Å². The van der Waals surface area contributed by atoms with E-state index < -0.39 is 10.0 Å². The molecule has 0 amide bonds. The lowest BCUT2D eigenvalue weighted by Gasteiger charge is -2.34. The smallest absolute Gasteiger partial charge is 0.244 e. The molecule has 3 rings (SSSR count). The highest BCUT2D eigenvalue weighted by Gasteiger charge is 2.31. The summed E-state index contributed by atoms with van der Waals surface area (Å²) in [4.78, 5) is 2.26. The van der Waals surface area contributed by atoms with Crippen molar-refractivity contribution < 1.29 is 13.2 Å². The molecule has 1 aliphatic rings. The van der Waals surface area contributed by atoms with Crippen LogP contribution in [0.25, 0.3) is 0 Å². The van der Waals surface area contributed by atoms with Gasteiger partial charge in [0.25, 0.3) is 0 Å². The third-order valence-corrected chi connectivity index (χ3v) is 7.06. The first kappa shape index (κ1) is 19.5. The van der Waals surface area contributed by atoms with Crippen molar-refractivity contribution >= 4 is 33.2 Å². The Morgan fingerprint density at radius 1 is 1.00 bits per heavy atom. The highest BCUT2D eigenvalue weighted by atomic mass is 35.5. The fraction of sp³-hybridized carbons (Fsp3) is 0.333. The summed E-state index contributed by atoms with van der Waals surface area (Å²) >= 11 is 12.3. The number of benzene rings is 2. The van der Waals surface area contributed by atoms with Crippen molar-refractivity contribution in [3.8, 4) is 5.75 Å². The molecular formula is C18H20Cl2N2O3S. The average molecular weight is 415 g/mol. The number of hydrogen-bond donors (Lipinski definition) is 0. The summed E-state index contributed by atoms with van der Waals surface area (Å²) in [5.74, 6) is 0.350. The molecule has 0 radical (unpaired) electrons. The second-order valence-corrected chi connectivity index (χ2v) is 8.80. The maximum absolute atomic E-state index is 12.9. The van der Waals surface area contributed by atoms with E-state index in [2.05, 4.69) is 17.0 Å². The summed E-state index contributed by atoms with van der Waals surface area (Å²) in [6.45, 7) is 2.96. The van der Waals surface area contributed by atoms with Gasteiger partial charge >= 0.3 is 0 Å². The minimum Gasteiger partial charge on any atom is -0.495 e. The van der Waals surface area contributed by atoms with Crippen LogP contribution in [0.3, 0.4) is 0 Å². The lowest BCUT2D eigenvalue weighted by Crippen LogP contribution is -2.48. The van der Waals surface area contributed by atoms with Gasteiger partial charge in [-0.25, -0.2) is 8.42 Å². The van der Waals surface area contributed by atoms with Crippen molar-refractivity contribution in [2.45, 2.75) is 11.4 Å². The number of halogens is 2. The van der Waals surface area contributed by atoms with Crippen molar-refractivity contribution in [1.82, 2.24) is 9.21 Å². The fourth-order valence-corrected chi connectivity index (χ4v) is 5.22. The van der Waals surface area contributed by atoms with Gasteiger partial charge in [-0.2, -0.15) is 4.31 Å². The summed E-state index contributed by atoms with van der Waals surface area (Å²) in [6, 6.07) is 12.9. The molecule has 5 nitrogen and oxygen atoms in total. The zero-order valence-corrected chi connectivity index (χ0v) is 16.7. The quantitative estimate of drug-likeness (QED) is 0.750. The largest absolute Gasteiger partial charge is 0.495 e. The topological polar surface area (TPSA) is 49.9 Å². The first-order valence-electron chi connectivity index (χ1n) is 8.21. The van der Waals surface area contributed by atoms with Crippen molar-refractivity contribution in [1.29, 1.82) is 0 Å². The SMILES string of the molecule is COc1cc(Cl)c(S(=O)(=O)N2CCN(Cc3ccccc3)CC2)cc1Cl. The van der Waals surface area contributed by atoms with Crippen molar-refractivity contribution in [2.24, 2.45) is 0 Å². The summed E-state index contributed by atoms with van der Waals surface area (Å²) in [5, 5.41) is 0.330. The monoisotopic (exact) mass is 414 g/mol. The Kier molecular flexibility index (Phi) is 6.10. The molecule has 2 aromatic carbocycles. The molecule has 0 saturated carbocycles. The molecule has 0 unspecified atom stereocenters. The Labute approximate surface area is 164 Å². The Balaban J connectivity index is 1.71. The van der Waals surface area contributed by atoms with Crippen LogP contribution in [-0.4, -0.2) is 50.9 Å². The van der Waals surface area contributed by atoms with Crippen LogP contribution in [0.15, 0.2) is 47.4 Å². The molecule has 0 atom stereocenters. The molecular weight excluding hydrogens is 395 g/mol. The van der Waals surface area contributed by atoms with E-state index in [1.807, 2.05) is 18.2 Å². The van der Waals surface area contributed by atoms with E-state index >= 15 is 0 Å². The first-order valence-corrected chi connectivity index (χ1v) is 10.4. The zero-order chi connectivity index (χ0) is 18.7. The Bertz CT molecular complexity index is 868. The van der Waals surface area contributed by atoms with Crippen LogP contribution < -0.4 is 4.74 Å². The molecule has 1 aliphatic heterocycles. The molecule has 8 heteroatoms. The Morgan fingerprint density at radius 2 is 1.65 bits per heavy atom. The van der Waals surface area contributed by atoms with E-state index in [-0.39, 0.29) is 14.9 Å². The maximum Gasteiger partial charge on any atom is 0.244 e. The highest BCUT2D eigenvalue weighted by Crippen LogP contribution is 2.35. The van der Waals surface area contributed by atoms with Crippen LogP contribution in [0.5, 0.6) is 5.75 Å². The van der Waals surface area contributed by atoms with Crippen LogP contribution in [0, 0.1) is 0 Å². The van der Waals surface area contributed by atoms with Gasteiger partial charge in [0.2, 0.25) is 10.0 Å². The molecule has 0 aliphatic carbocycles. The first-order chi connectivity index (χ1) is 12.4. The molecule has 26 heavy (non-hydrogen) atoms. The van der Waals surface area contributed by atoms with E-state index in [1.165, 1.54) is 29.1 Å². The Hall–Kier alpha value is -1.31. The minimum absolute atomic E-state index is 0.0153. The van der Waals surface area contributed by atoms with Crippen LogP contribution in [0.1, 0.15) is 5.56 Å². The summed E-state index contributed by atoms with van der Waals surface area (Å²) in [7, 11) is -2.25. The van der Waals surface area contributed by atoms with E-state index in [4.69, 9.17) is 27.9 Å². The molecule has 1 saturated heterocycles. The molecule has 2 aromatic rings. The molecule has 140 valence electrons. The van der Waals surface area contributed by atoms with Crippen LogP contribution in [0.2, 0.25) is 10.0 Å². The molecule has 0 spiro atoms. The maximum atomic E-state index is 12.9. The van der Waals surface area contributed by atoms with E-state index in [0.717, 1.165) is 6.54 Å². The number of sulfonamides is 1. The summed E-state index contributed by atoms with van der Waals surface area (Å²) in [5.41, 5.74) is 1.22. The molecule has 0 bridgehead atoms. The van der Waals surface area contributed by atoms with Crippen LogP contribution in [0.4, 0.5) is 0 Å². The number of piperazine rings is 1. The standard InChI is InChI=1S/C18H20Cl2N2O3S/c1-25-17-11-16(20)18(12-15(17)19)26(23,24)22-9-7-21(8-10-22)13-14-5-3-2-4-6-14/h2-6,11-12H,7-10,13H2,1H3. The van der Waals surface area contributed by atoms with Crippen LogP contribution >= 0.6 is 23.2 Å². The lowest BCUT2D eigenvalue weighted by atomic mass is 10.2. The second-order valence-electron chi connectivity index (χ2n) is 6.08. The van der Waals surface area contributed by atoms with Gasteiger partial charge in [0.15, 0.2) is 0 Å². The van der Waals surface area contributed by atoms with Gasteiger partial charge in [-0.1, -0.05) is 53.5 Å². The van der Waals surface area contributed by atoms with E-state index in [1.54, 1.807) is 0 Å². The number of nitrogens with zero attached hydrogens (tertiary/aromatic N) is 2. The van der Waals surface area contributed by atoms with E-state index in [0.29, 0.717) is 31.9 Å². The molecule has 1 heterocycles. The van der Waals surface area contributed by atoms with E-state index in [9.17, 15) is 8.42 Å². The van der Waals surface area contributed by atoms with Gasteiger partial charge in [0.05, 0.1) is 17.2 Å². The number of ether oxygens (including phenoxy) is 1. The van der Waals surface area contributed by atoms with Gasteiger partial charge in [0, 0.05) is 38.8 Å². The van der Waals surface area contributed by atoms with Crippen molar-refractivity contribution in [2.75, 3.05) is 33.3 Å². The van der Waals surface area contributed by atoms with Gasteiger partial charge in [-0.3, -0.25) is 4.90 Å². The lowest BCUT2D eigenvalue weighted by molar-refractivity contribution is 0.181. The zero-order valence-electron chi connectivity index (χ0n) is 14.4. The van der Waals surface area contributed by atoms with Gasteiger partial charge in [0.1, 0.15) is 10.6 Å². The second kappa shape index (κ2) is 8.15. The molecule has 1 fully saturated rings. The van der Waals surface area contributed by atoms with Crippen molar-refractivity contribution in [3.63, 3.8) is 0 Å². The number of rotatable bonds is 5. The number of methoxy groups -OCH3 is 1. The van der Waals surface area contributed by atoms with Crippen LogP contribution in [-0.2, 0) is 16.6 Å². The number of hydrogen-bond acceptors (Lipinski definition) is 4. The average Bonchev–Trinajstić information content (AvgIpc) is 2.64. The third kappa shape index (κ3) is 4.15. The van der Waals surface area contributed by atoms with Gasteiger partial charge < -0.3 is 4.74 Å². The fourth-order valence-electron chi connectivity index (χ4n) is 2.97. The normalized spacial score (nSPS) is 16.6. The Morgan fingerprint density at radius 3 is 2.27 bits per heavy atom. The predicted octanol–water partition coefficient (Wildman–Crippen LogP) is 3.51.